The van der Waals surface area contributed by atoms with E-state index >= 15 is 0 Å². The van der Waals surface area contributed by atoms with E-state index in [1.54, 1.807) is 24.0 Å². The number of thioether (sulfide) groups is 1. The van der Waals surface area contributed by atoms with Crippen molar-refractivity contribution in [2.24, 2.45) is 0 Å². The maximum atomic E-state index is 10.8. The summed E-state index contributed by atoms with van der Waals surface area (Å²) in [6.45, 7) is 0.553. The Balaban J connectivity index is 2.03. The molecule has 0 spiro atoms. The molecule has 21 heavy (non-hydrogen) atoms. The van der Waals surface area contributed by atoms with Crippen molar-refractivity contribution < 1.29 is 9.90 Å². The first-order valence-electron chi connectivity index (χ1n) is 5.87. The molecule has 3 heterocycles. The van der Waals surface area contributed by atoms with Crippen LogP contribution in [0.15, 0.2) is 29.1 Å². The maximum absolute atomic E-state index is 10.8. The van der Waals surface area contributed by atoms with Gasteiger partial charge in [0.2, 0.25) is 0 Å². The third-order valence-corrected chi connectivity index (χ3v) is 4.57. The van der Waals surface area contributed by atoms with Gasteiger partial charge >= 0.3 is 5.97 Å². The number of carbonyl (C=O) groups is 1. The zero-order chi connectivity index (χ0) is 14.8. The van der Waals surface area contributed by atoms with Gasteiger partial charge in [-0.3, -0.25) is 14.3 Å². The lowest BCUT2D eigenvalue weighted by Gasteiger charge is -2.05. The number of aliphatic carboxylic acids is 1. The number of nitrogens with zero attached hydrogens (tertiary/aromatic N) is 4. The zero-order valence-electron chi connectivity index (χ0n) is 10.6. The summed E-state index contributed by atoms with van der Waals surface area (Å²) >= 11 is 8.62. The molecule has 0 unspecified atom stereocenters. The van der Waals surface area contributed by atoms with Gasteiger partial charge in [0.1, 0.15) is 5.52 Å². The van der Waals surface area contributed by atoms with Crippen LogP contribution in [-0.4, -0.2) is 36.3 Å². The molecule has 0 fully saturated rings. The molecule has 9 heteroatoms. The summed E-state index contributed by atoms with van der Waals surface area (Å²) in [5.41, 5.74) is 3.09. The summed E-state index contributed by atoms with van der Waals surface area (Å²) in [6.07, 6.45) is 3.33. The van der Waals surface area contributed by atoms with E-state index in [0.29, 0.717) is 27.9 Å². The fourth-order valence-electron chi connectivity index (χ4n) is 1.82. The van der Waals surface area contributed by atoms with Crippen LogP contribution in [0.25, 0.3) is 11.2 Å². The molecular formula is C12H9ClN4O2S2. The normalized spacial score (nSPS) is 11.1. The molecule has 0 aliphatic carbocycles. The molecule has 1 N–H and O–H groups in total. The molecule has 0 atom stereocenters. The van der Waals surface area contributed by atoms with Crippen molar-refractivity contribution in [2.75, 3.05) is 5.75 Å². The van der Waals surface area contributed by atoms with Crippen LogP contribution in [0, 0.1) is 0 Å². The van der Waals surface area contributed by atoms with Crippen molar-refractivity contribution in [3.8, 4) is 0 Å². The van der Waals surface area contributed by atoms with E-state index in [4.69, 9.17) is 16.7 Å². The number of carboxylic acids is 1. The van der Waals surface area contributed by atoms with Gasteiger partial charge in [-0.1, -0.05) is 23.4 Å². The van der Waals surface area contributed by atoms with Crippen LogP contribution in [0.2, 0.25) is 5.02 Å². The minimum atomic E-state index is -0.887. The highest BCUT2D eigenvalue weighted by Gasteiger charge is 2.15. The fraction of sp³-hybridized carbons (Fsp3) is 0.167. The molecule has 0 amide bonds. The molecule has 3 rings (SSSR count). The van der Waals surface area contributed by atoms with Crippen LogP contribution in [0.3, 0.4) is 0 Å². The number of imidazole rings is 1. The van der Waals surface area contributed by atoms with Crippen LogP contribution in [0.1, 0.15) is 4.88 Å². The molecule has 0 radical (unpaired) electrons. The van der Waals surface area contributed by atoms with Crippen molar-refractivity contribution in [1.82, 2.24) is 19.5 Å². The van der Waals surface area contributed by atoms with Gasteiger partial charge in [0, 0.05) is 17.3 Å². The van der Waals surface area contributed by atoms with E-state index in [-0.39, 0.29) is 5.75 Å². The Hall–Kier alpha value is -1.64. The Kier molecular flexibility index (Phi) is 4.09. The number of aromatic nitrogens is 4. The minimum absolute atomic E-state index is 0.0558. The Morgan fingerprint density at radius 2 is 2.33 bits per heavy atom. The molecule has 0 aliphatic heterocycles. The molecule has 6 nitrogen and oxygen atoms in total. The second-order valence-electron chi connectivity index (χ2n) is 4.13. The van der Waals surface area contributed by atoms with Crippen molar-refractivity contribution in [3.05, 3.63) is 33.9 Å². The highest BCUT2D eigenvalue weighted by Crippen LogP contribution is 2.26. The number of thiazole rings is 1. The summed E-state index contributed by atoms with van der Waals surface area (Å²) in [7, 11) is 0. The lowest BCUT2D eigenvalue weighted by atomic mass is 10.4. The third-order valence-electron chi connectivity index (χ3n) is 2.64. The van der Waals surface area contributed by atoms with Crippen molar-refractivity contribution in [1.29, 1.82) is 0 Å². The van der Waals surface area contributed by atoms with Gasteiger partial charge in [-0.25, -0.2) is 9.97 Å². The zero-order valence-corrected chi connectivity index (χ0v) is 13.0. The van der Waals surface area contributed by atoms with E-state index in [1.165, 1.54) is 11.3 Å². The van der Waals surface area contributed by atoms with E-state index in [9.17, 15) is 4.79 Å². The van der Waals surface area contributed by atoms with E-state index in [2.05, 4.69) is 15.0 Å². The number of fused-ring (bicyclic) bond motifs is 1. The average molecular weight is 341 g/mol. The van der Waals surface area contributed by atoms with Gasteiger partial charge in [-0.2, -0.15) is 0 Å². The first-order chi connectivity index (χ1) is 10.1. The first-order valence-corrected chi connectivity index (χ1v) is 8.11. The van der Waals surface area contributed by atoms with Crippen LogP contribution in [-0.2, 0) is 11.3 Å². The number of halogens is 1. The predicted molar refractivity (Wildman–Crippen MR) is 82.1 cm³/mol. The van der Waals surface area contributed by atoms with Gasteiger partial charge in [0.15, 0.2) is 10.8 Å². The number of rotatable bonds is 5. The largest absolute Gasteiger partial charge is 0.481 e. The van der Waals surface area contributed by atoms with Gasteiger partial charge < -0.3 is 5.11 Å². The summed E-state index contributed by atoms with van der Waals surface area (Å²) in [5.74, 6) is -0.942. The van der Waals surface area contributed by atoms with Crippen molar-refractivity contribution in [2.45, 2.75) is 11.7 Å². The number of carboxylic acid groups (broad SMARTS) is 1. The molecule has 0 bridgehead atoms. The standard InChI is InChI=1S/C12H9ClN4O2S2/c13-7-1-9-11(15-2-7)17(4-8-3-14-6-21-8)12(16-9)20-5-10(18)19/h1-3,6H,4-5H2,(H,18,19). The Morgan fingerprint density at radius 3 is 3.05 bits per heavy atom. The highest BCUT2D eigenvalue weighted by atomic mass is 35.5. The van der Waals surface area contributed by atoms with E-state index in [0.717, 1.165) is 16.6 Å². The Labute approximate surface area is 132 Å². The SMILES string of the molecule is O=C(O)CSc1nc2cc(Cl)cnc2n1Cc1cncs1. The van der Waals surface area contributed by atoms with E-state index in [1.807, 2.05) is 4.57 Å². The summed E-state index contributed by atoms with van der Waals surface area (Å²) in [6, 6.07) is 1.72. The summed E-state index contributed by atoms with van der Waals surface area (Å²) < 4.78 is 1.88. The number of hydrogen-bond acceptors (Lipinski definition) is 6. The van der Waals surface area contributed by atoms with Crippen LogP contribution >= 0.6 is 34.7 Å². The molecule has 0 saturated heterocycles. The van der Waals surface area contributed by atoms with Crippen molar-refractivity contribution in [3.63, 3.8) is 0 Å². The monoisotopic (exact) mass is 340 g/mol. The summed E-state index contributed by atoms with van der Waals surface area (Å²) in [4.78, 5) is 24.6. The van der Waals surface area contributed by atoms with Gasteiger partial charge in [-0.05, 0) is 6.07 Å². The molecule has 108 valence electrons. The topological polar surface area (TPSA) is 80.9 Å². The summed E-state index contributed by atoms with van der Waals surface area (Å²) in [5, 5.41) is 9.95. The fourth-order valence-corrected chi connectivity index (χ4v) is 3.28. The first kappa shape index (κ1) is 14.3. The van der Waals surface area contributed by atoms with Crippen LogP contribution in [0.4, 0.5) is 0 Å². The average Bonchev–Trinajstić information content (AvgIpc) is 3.05. The molecule has 0 aliphatic rings. The Morgan fingerprint density at radius 1 is 1.48 bits per heavy atom. The van der Waals surface area contributed by atoms with Gasteiger partial charge in [0.05, 0.1) is 22.8 Å². The quantitative estimate of drug-likeness (QED) is 0.719. The van der Waals surface area contributed by atoms with Gasteiger partial charge in [-0.15, -0.1) is 11.3 Å². The van der Waals surface area contributed by atoms with Crippen LogP contribution in [0.5, 0.6) is 0 Å². The molecule has 0 saturated carbocycles. The van der Waals surface area contributed by atoms with E-state index < -0.39 is 5.97 Å². The number of hydrogen-bond donors (Lipinski definition) is 1. The minimum Gasteiger partial charge on any atom is -0.481 e. The second-order valence-corrected chi connectivity index (χ2v) is 6.48. The highest BCUT2D eigenvalue weighted by molar-refractivity contribution is 7.99. The molecule has 3 aromatic heterocycles. The molecular weight excluding hydrogens is 332 g/mol. The number of pyridine rings is 1. The smallest absolute Gasteiger partial charge is 0.313 e. The Bertz CT molecular complexity index is 788. The molecule has 0 aromatic carbocycles. The second kappa shape index (κ2) is 6.00. The van der Waals surface area contributed by atoms with Crippen LogP contribution < -0.4 is 0 Å². The predicted octanol–water partition coefficient (Wildman–Crippen LogP) is 2.77. The molecule has 3 aromatic rings. The third kappa shape index (κ3) is 3.17. The lowest BCUT2D eigenvalue weighted by molar-refractivity contribution is -0.133. The van der Waals surface area contributed by atoms with Gasteiger partial charge in [0.25, 0.3) is 0 Å². The maximum Gasteiger partial charge on any atom is 0.313 e. The van der Waals surface area contributed by atoms with Crippen molar-refractivity contribution >= 4 is 51.8 Å². The lowest BCUT2D eigenvalue weighted by Crippen LogP contribution is -2.04.